The molecule has 1 aliphatic heterocycles. The van der Waals surface area contributed by atoms with Crippen molar-refractivity contribution in [1.29, 1.82) is 0 Å². The number of aromatic nitrogens is 4. The number of piperidine rings is 1. The molecule has 1 saturated heterocycles. The van der Waals surface area contributed by atoms with Gasteiger partial charge in [-0.05, 0) is 43.7 Å². The van der Waals surface area contributed by atoms with Gasteiger partial charge in [0.1, 0.15) is 18.0 Å². The molecule has 26 heavy (non-hydrogen) atoms. The third-order valence-electron chi connectivity index (χ3n) is 4.77. The van der Waals surface area contributed by atoms with Crippen molar-refractivity contribution in [1.82, 2.24) is 24.9 Å². The van der Waals surface area contributed by atoms with E-state index >= 15 is 0 Å². The number of furan rings is 1. The molecule has 0 amide bonds. The minimum Gasteiger partial charge on any atom is -0.480 e. The van der Waals surface area contributed by atoms with Gasteiger partial charge in [0, 0.05) is 30.6 Å². The highest BCUT2D eigenvalue weighted by atomic mass is 16.4. The van der Waals surface area contributed by atoms with Crippen molar-refractivity contribution < 1.29 is 14.3 Å². The Morgan fingerprint density at radius 2 is 2.23 bits per heavy atom. The first-order chi connectivity index (χ1) is 12.7. The number of H-pyrrole nitrogens is 1. The topological polar surface area (TPSA) is 100 Å². The lowest BCUT2D eigenvalue weighted by atomic mass is 9.94. The fourth-order valence-corrected chi connectivity index (χ4v) is 3.61. The number of carboxylic acid groups (broad SMARTS) is 1. The maximum Gasteiger partial charge on any atom is 0.325 e. The molecule has 4 heterocycles. The Bertz CT molecular complexity index is 867. The van der Waals surface area contributed by atoms with Crippen LogP contribution in [0.3, 0.4) is 0 Å². The molecule has 0 spiro atoms. The van der Waals surface area contributed by atoms with Crippen LogP contribution in [0.25, 0.3) is 11.5 Å². The number of likely N-dealkylation sites (tertiary alicyclic amines) is 1. The van der Waals surface area contributed by atoms with Crippen molar-refractivity contribution in [3.8, 4) is 11.5 Å². The second kappa shape index (κ2) is 7.17. The summed E-state index contributed by atoms with van der Waals surface area (Å²) in [6.45, 7) is 2.51. The van der Waals surface area contributed by atoms with Gasteiger partial charge >= 0.3 is 5.97 Å². The summed E-state index contributed by atoms with van der Waals surface area (Å²) in [5, 5.41) is 20.1. The van der Waals surface area contributed by atoms with Crippen molar-refractivity contribution in [2.45, 2.75) is 31.8 Å². The third kappa shape index (κ3) is 3.55. The third-order valence-corrected chi connectivity index (χ3v) is 4.77. The smallest absolute Gasteiger partial charge is 0.325 e. The minimum absolute atomic E-state index is 0.0927. The monoisotopic (exact) mass is 355 g/mol. The summed E-state index contributed by atoms with van der Waals surface area (Å²) < 4.78 is 7.52. The van der Waals surface area contributed by atoms with Crippen LogP contribution in [0.5, 0.6) is 0 Å². The molecule has 3 aromatic rings. The maximum atomic E-state index is 11.0. The Hall–Kier alpha value is -2.87. The highest BCUT2D eigenvalue weighted by Gasteiger charge is 2.25. The molecule has 1 aliphatic rings. The van der Waals surface area contributed by atoms with Gasteiger partial charge in [-0.3, -0.25) is 19.5 Å². The molecule has 8 heteroatoms. The molecule has 4 rings (SSSR count). The molecule has 0 unspecified atom stereocenters. The van der Waals surface area contributed by atoms with Gasteiger partial charge in [-0.25, -0.2) is 0 Å². The van der Waals surface area contributed by atoms with Crippen LogP contribution in [0, 0.1) is 0 Å². The first-order valence-electron chi connectivity index (χ1n) is 8.73. The van der Waals surface area contributed by atoms with E-state index in [4.69, 9.17) is 9.52 Å². The van der Waals surface area contributed by atoms with Crippen LogP contribution in [-0.2, 0) is 17.9 Å². The van der Waals surface area contributed by atoms with E-state index in [2.05, 4.69) is 20.2 Å². The van der Waals surface area contributed by atoms with Gasteiger partial charge in [0.2, 0.25) is 0 Å². The molecular weight excluding hydrogens is 334 g/mol. The molecule has 0 saturated carbocycles. The number of carboxylic acids is 1. The molecule has 1 atom stereocenters. The standard InChI is InChI=1S/C18H21N5O3/c24-18(25)12-23-16(6-8-20-23)13-2-1-9-22(10-13)11-14-3-4-17(26-14)15-5-7-19-21-15/h3-8,13H,1-2,9-12H2,(H,19,21)(H,24,25)/t13-/m1/s1. The summed E-state index contributed by atoms with van der Waals surface area (Å²) in [6, 6.07) is 7.75. The lowest BCUT2D eigenvalue weighted by Gasteiger charge is -2.32. The Morgan fingerprint density at radius 1 is 1.31 bits per heavy atom. The van der Waals surface area contributed by atoms with E-state index in [1.54, 1.807) is 17.1 Å². The van der Waals surface area contributed by atoms with Crippen LogP contribution in [0.1, 0.15) is 30.2 Å². The van der Waals surface area contributed by atoms with E-state index in [-0.39, 0.29) is 12.5 Å². The SMILES string of the molecule is O=C(O)Cn1nccc1[C@@H]1CCCN(Cc2ccc(-c3ccn[nH]3)o2)C1. The Morgan fingerprint density at radius 3 is 3.04 bits per heavy atom. The van der Waals surface area contributed by atoms with Crippen LogP contribution in [0.15, 0.2) is 41.1 Å². The van der Waals surface area contributed by atoms with Crippen molar-refractivity contribution in [2.24, 2.45) is 0 Å². The lowest BCUT2D eigenvalue weighted by Crippen LogP contribution is -2.34. The van der Waals surface area contributed by atoms with Crippen LogP contribution in [0.2, 0.25) is 0 Å². The van der Waals surface area contributed by atoms with E-state index < -0.39 is 5.97 Å². The summed E-state index contributed by atoms with van der Waals surface area (Å²) in [7, 11) is 0. The first-order valence-corrected chi connectivity index (χ1v) is 8.73. The lowest BCUT2D eigenvalue weighted by molar-refractivity contribution is -0.137. The largest absolute Gasteiger partial charge is 0.480 e. The predicted molar refractivity (Wildman–Crippen MR) is 93.4 cm³/mol. The quantitative estimate of drug-likeness (QED) is 0.704. The number of rotatable bonds is 6. The highest BCUT2D eigenvalue weighted by Crippen LogP contribution is 2.28. The summed E-state index contributed by atoms with van der Waals surface area (Å²) in [5.41, 5.74) is 1.86. The number of hydrogen-bond donors (Lipinski definition) is 2. The molecule has 1 fully saturated rings. The van der Waals surface area contributed by atoms with E-state index in [9.17, 15) is 4.79 Å². The van der Waals surface area contributed by atoms with Gasteiger partial charge in [-0.1, -0.05) is 0 Å². The minimum atomic E-state index is -0.871. The number of hydrogen-bond acceptors (Lipinski definition) is 5. The van der Waals surface area contributed by atoms with Gasteiger partial charge in [-0.2, -0.15) is 10.2 Å². The average Bonchev–Trinajstić information content (AvgIpc) is 3.36. The van der Waals surface area contributed by atoms with Crippen LogP contribution in [-0.4, -0.2) is 49.0 Å². The van der Waals surface area contributed by atoms with Crippen LogP contribution < -0.4 is 0 Å². The molecule has 3 aromatic heterocycles. The van der Waals surface area contributed by atoms with Gasteiger partial charge in [0.05, 0.1) is 6.54 Å². The Balaban J connectivity index is 1.43. The summed E-state index contributed by atoms with van der Waals surface area (Å²) in [6.07, 6.45) is 5.49. The van der Waals surface area contributed by atoms with Crippen molar-refractivity contribution in [2.75, 3.05) is 13.1 Å². The predicted octanol–water partition coefficient (Wildman–Crippen LogP) is 2.33. The zero-order chi connectivity index (χ0) is 17.9. The van der Waals surface area contributed by atoms with Gasteiger partial charge in [0.15, 0.2) is 5.76 Å². The van der Waals surface area contributed by atoms with Crippen molar-refractivity contribution >= 4 is 5.97 Å². The highest BCUT2D eigenvalue weighted by molar-refractivity contribution is 5.66. The normalized spacial score (nSPS) is 18.2. The average molecular weight is 355 g/mol. The summed E-state index contributed by atoms with van der Waals surface area (Å²) in [4.78, 5) is 13.4. The number of nitrogens with zero attached hydrogens (tertiary/aromatic N) is 4. The molecular formula is C18H21N5O3. The van der Waals surface area contributed by atoms with E-state index in [1.165, 1.54) is 0 Å². The summed E-state index contributed by atoms with van der Waals surface area (Å²) >= 11 is 0. The van der Waals surface area contributed by atoms with Gasteiger partial charge in [-0.15, -0.1) is 0 Å². The molecule has 136 valence electrons. The van der Waals surface area contributed by atoms with Crippen LogP contribution in [0.4, 0.5) is 0 Å². The zero-order valence-electron chi connectivity index (χ0n) is 14.3. The fourth-order valence-electron chi connectivity index (χ4n) is 3.61. The van der Waals surface area contributed by atoms with Crippen molar-refractivity contribution in [3.63, 3.8) is 0 Å². The van der Waals surface area contributed by atoms with E-state index in [0.29, 0.717) is 0 Å². The first kappa shape index (κ1) is 16.6. The molecule has 0 radical (unpaired) electrons. The van der Waals surface area contributed by atoms with Gasteiger partial charge < -0.3 is 9.52 Å². The number of nitrogens with one attached hydrogen (secondary N) is 1. The van der Waals surface area contributed by atoms with E-state index in [1.807, 2.05) is 24.3 Å². The summed E-state index contributed by atoms with van der Waals surface area (Å²) in [5.74, 6) is 1.11. The van der Waals surface area contributed by atoms with Crippen molar-refractivity contribution in [3.05, 3.63) is 48.1 Å². The molecule has 0 aromatic carbocycles. The molecule has 2 N–H and O–H groups in total. The zero-order valence-corrected chi connectivity index (χ0v) is 14.3. The fraction of sp³-hybridized carbons (Fsp3) is 0.389. The molecule has 0 aliphatic carbocycles. The maximum absolute atomic E-state index is 11.0. The van der Waals surface area contributed by atoms with Crippen LogP contribution >= 0.6 is 0 Å². The molecule has 0 bridgehead atoms. The molecule has 8 nitrogen and oxygen atoms in total. The Labute approximate surface area is 150 Å². The number of aliphatic carboxylic acids is 1. The number of carbonyl (C=O) groups is 1. The number of aromatic amines is 1. The second-order valence-corrected chi connectivity index (χ2v) is 6.62. The second-order valence-electron chi connectivity index (χ2n) is 6.62. The van der Waals surface area contributed by atoms with E-state index in [0.717, 1.165) is 55.4 Å². The Kier molecular flexibility index (Phi) is 4.57. The van der Waals surface area contributed by atoms with Gasteiger partial charge in [0.25, 0.3) is 0 Å².